The van der Waals surface area contributed by atoms with Crippen molar-refractivity contribution in [2.24, 2.45) is 0 Å². The molecule has 0 atom stereocenters. The Labute approximate surface area is 149 Å². The van der Waals surface area contributed by atoms with Crippen molar-refractivity contribution in [3.05, 3.63) is 58.0 Å². The minimum absolute atomic E-state index is 0.334. The molecule has 0 aliphatic carbocycles. The van der Waals surface area contributed by atoms with Crippen LogP contribution in [0.5, 0.6) is 0 Å². The fraction of sp³-hybridized carbons (Fsp3) is 0.250. The molecular formula is C16H16BrClN2O2S. The highest BCUT2D eigenvalue weighted by Gasteiger charge is 2.28. The molecule has 0 spiro atoms. The van der Waals surface area contributed by atoms with E-state index in [1.165, 1.54) is 0 Å². The van der Waals surface area contributed by atoms with Crippen LogP contribution < -0.4 is 4.90 Å². The second-order valence-electron chi connectivity index (χ2n) is 5.32. The van der Waals surface area contributed by atoms with Gasteiger partial charge in [0, 0.05) is 41.4 Å². The Hall–Kier alpha value is -1.08. The Balaban J connectivity index is 1.70. The summed E-state index contributed by atoms with van der Waals surface area (Å²) < 4.78 is 27.7. The Morgan fingerprint density at radius 3 is 2.00 bits per heavy atom. The average Bonchev–Trinajstić information content (AvgIpc) is 2.56. The van der Waals surface area contributed by atoms with Gasteiger partial charge in [-0.3, -0.25) is 0 Å². The number of rotatable bonds is 3. The molecule has 0 N–H and O–H groups in total. The highest BCUT2D eigenvalue weighted by molar-refractivity contribution is 9.10. The summed E-state index contributed by atoms with van der Waals surface area (Å²) in [6, 6.07) is 14.4. The van der Waals surface area contributed by atoms with Gasteiger partial charge in [-0.15, -0.1) is 0 Å². The van der Waals surface area contributed by atoms with Crippen LogP contribution in [-0.4, -0.2) is 38.9 Å². The third-order valence-electron chi connectivity index (χ3n) is 3.88. The number of hydrogen-bond acceptors (Lipinski definition) is 3. The first-order valence-corrected chi connectivity index (χ1v) is 9.84. The zero-order valence-corrected chi connectivity index (χ0v) is 15.5. The van der Waals surface area contributed by atoms with Gasteiger partial charge in [-0.1, -0.05) is 27.5 Å². The van der Waals surface area contributed by atoms with Crippen molar-refractivity contribution in [1.82, 2.24) is 4.31 Å². The third kappa shape index (κ3) is 3.71. The molecule has 0 unspecified atom stereocenters. The molecule has 4 nitrogen and oxygen atoms in total. The van der Waals surface area contributed by atoms with Crippen LogP contribution in [0.2, 0.25) is 5.02 Å². The maximum atomic E-state index is 12.7. The van der Waals surface area contributed by atoms with E-state index in [-0.39, 0.29) is 0 Å². The zero-order chi connectivity index (χ0) is 16.4. The van der Waals surface area contributed by atoms with Crippen molar-refractivity contribution in [3.63, 3.8) is 0 Å². The lowest BCUT2D eigenvalue weighted by Crippen LogP contribution is -2.48. The van der Waals surface area contributed by atoms with E-state index in [1.54, 1.807) is 28.6 Å². The van der Waals surface area contributed by atoms with Crippen molar-refractivity contribution < 1.29 is 8.42 Å². The number of sulfonamides is 1. The molecular weight excluding hydrogens is 400 g/mol. The van der Waals surface area contributed by atoms with Crippen molar-refractivity contribution >= 4 is 43.2 Å². The summed E-state index contributed by atoms with van der Waals surface area (Å²) >= 11 is 9.23. The van der Waals surface area contributed by atoms with Gasteiger partial charge in [-0.05, 0) is 48.5 Å². The van der Waals surface area contributed by atoms with Crippen molar-refractivity contribution in [2.45, 2.75) is 4.90 Å². The van der Waals surface area contributed by atoms with Crippen LogP contribution in [0, 0.1) is 0 Å². The maximum absolute atomic E-state index is 12.7. The van der Waals surface area contributed by atoms with Crippen molar-refractivity contribution in [2.75, 3.05) is 31.1 Å². The van der Waals surface area contributed by atoms with Gasteiger partial charge < -0.3 is 4.90 Å². The number of nitrogens with zero attached hydrogens (tertiary/aromatic N) is 2. The van der Waals surface area contributed by atoms with E-state index in [0.717, 1.165) is 10.2 Å². The van der Waals surface area contributed by atoms with E-state index >= 15 is 0 Å². The molecule has 1 saturated heterocycles. The molecule has 0 radical (unpaired) electrons. The average molecular weight is 416 g/mol. The summed E-state index contributed by atoms with van der Waals surface area (Å²) in [4.78, 5) is 2.50. The van der Waals surface area contributed by atoms with Crippen molar-refractivity contribution in [3.8, 4) is 0 Å². The van der Waals surface area contributed by atoms with E-state index in [4.69, 9.17) is 11.6 Å². The first kappa shape index (κ1) is 16.8. The minimum Gasteiger partial charge on any atom is -0.369 e. The van der Waals surface area contributed by atoms with E-state index in [0.29, 0.717) is 36.1 Å². The molecule has 0 saturated carbocycles. The zero-order valence-electron chi connectivity index (χ0n) is 12.3. The second kappa shape index (κ2) is 6.81. The van der Waals surface area contributed by atoms with Crippen LogP contribution in [-0.2, 0) is 10.0 Å². The van der Waals surface area contributed by atoms with Gasteiger partial charge in [-0.2, -0.15) is 4.31 Å². The van der Waals surface area contributed by atoms with Gasteiger partial charge in [-0.25, -0.2) is 8.42 Å². The summed E-state index contributed by atoms with van der Waals surface area (Å²) in [5.41, 5.74) is 1.06. The molecule has 0 amide bonds. The summed E-state index contributed by atoms with van der Waals surface area (Å²) in [7, 11) is -3.43. The van der Waals surface area contributed by atoms with Crippen LogP contribution in [0.1, 0.15) is 0 Å². The molecule has 122 valence electrons. The first-order chi connectivity index (χ1) is 11.0. The first-order valence-electron chi connectivity index (χ1n) is 7.23. The number of piperazine rings is 1. The van der Waals surface area contributed by atoms with Crippen LogP contribution in [0.4, 0.5) is 5.69 Å². The predicted octanol–water partition coefficient (Wildman–Crippen LogP) is 3.61. The fourth-order valence-corrected chi connectivity index (χ4v) is 4.41. The summed E-state index contributed by atoms with van der Waals surface area (Å²) in [6.45, 7) is 2.27. The van der Waals surface area contributed by atoms with Gasteiger partial charge >= 0.3 is 0 Å². The standard InChI is InChI=1S/C16H16BrClN2O2S/c17-13-1-7-16(8-2-13)23(21,22)20-11-9-19(10-12-20)15-5-3-14(18)4-6-15/h1-8H,9-12H2. The molecule has 1 fully saturated rings. The fourth-order valence-electron chi connectivity index (χ4n) is 2.59. The summed E-state index contributed by atoms with van der Waals surface area (Å²) in [6.07, 6.45) is 0. The van der Waals surface area contributed by atoms with Gasteiger partial charge in [0.2, 0.25) is 10.0 Å². The van der Waals surface area contributed by atoms with Gasteiger partial charge in [0.1, 0.15) is 0 Å². The molecule has 2 aromatic carbocycles. The van der Waals surface area contributed by atoms with Gasteiger partial charge in [0.05, 0.1) is 4.90 Å². The third-order valence-corrected chi connectivity index (χ3v) is 6.58. The summed E-state index contributed by atoms with van der Waals surface area (Å²) in [5, 5.41) is 0.699. The quantitative estimate of drug-likeness (QED) is 0.769. The molecule has 23 heavy (non-hydrogen) atoms. The van der Waals surface area contributed by atoms with Crippen LogP contribution in [0.25, 0.3) is 0 Å². The molecule has 3 rings (SSSR count). The number of hydrogen-bond donors (Lipinski definition) is 0. The van der Waals surface area contributed by atoms with E-state index in [2.05, 4.69) is 20.8 Å². The highest BCUT2D eigenvalue weighted by Crippen LogP contribution is 2.23. The number of benzene rings is 2. The topological polar surface area (TPSA) is 40.6 Å². The van der Waals surface area contributed by atoms with Crippen LogP contribution in [0.3, 0.4) is 0 Å². The van der Waals surface area contributed by atoms with Crippen LogP contribution in [0.15, 0.2) is 57.9 Å². The Kier molecular flexibility index (Phi) is 4.96. The normalized spacial score (nSPS) is 16.5. The van der Waals surface area contributed by atoms with E-state index in [1.807, 2.05) is 24.3 Å². The largest absolute Gasteiger partial charge is 0.369 e. The molecule has 1 heterocycles. The lowest BCUT2D eigenvalue weighted by atomic mass is 10.2. The Morgan fingerprint density at radius 2 is 1.43 bits per heavy atom. The second-order valence-corrected chi connectivity index (χ2v) is 8.61. The Bertz CT molecular complexity index is 771. The Morgan fingerprint density at radius 1 is 0.870 bits per heavy atom. The molecule has 1 aliphatic rings. The maximum Gasteiger partial charge on any atom is 0.243 e. The van der Waals surface area contributed by atoms with Gasteiger partial charge in [0.15, 0.2) is 0 Å². The van der Waals surface area contributed by atoms with E-state index < -0.39 is 10.0 Å². The SMILES string of the molecule is O=S(=O)(c1ccc(Br)cc1)N1CCN(c2ccc(Cl)cc2)CC1. The van der Waals surface area contributed by atoms with Gasteiger partial charge in [0.25, 0.3) is 0 Å². The van der Waals surface area contributed by atoms with E-state index in [9.17, 15) is 8.42 Å². The van der Waals surface area contributed by atoms with Crippen molar-refractivity contribution in [1.29, 1.82) is 0 Å². The van der Waals surface area contributed by atoms with Crippen LogP contribution >= 0.6 is 27.5 Å². The minimum atomic E-state index is -3.43. The predicted molar refractivity (Wildman–Crippen MR) is 96.6 cm³/mol. The molecule has 0 bridgehead atoms. The molecule has 7 heteroatoms. The lowest BCUT2D eigenvalue weighted by molar-refractivity contribution is 0.385. The number of halogens is 2. The lowest BCUT2D eigenvalue weighted by Gasteiger charge is -2.35. The number of anilines is 1. The molecule has 1 aliphatic heterocycles. The highest BCUT2D eigenvalue weighted by atomic mass is 79.9. The smallest absolute Gasteiger partial charge is 0.243 e. The molecule has 2 aromatic rings. The summed E-state index contributed by atoms with van der Waals surface area (Å²) in [5.74, 6) is 0. The molecule has 0 aromatic heterocycles. The monoisotopic (exact) mass is 414 g/mol.